The molecule has 0 saturated heterocycles. The number of hydrogen-bond donors (Lipinski definition) is 2. The Labute approximate surface area is 170 Å². The van der Waals surface area contributed by atoms with E-state index in [1.54, 1.807) is 35.1 Å². The highest BCUT2D eigenvalue weighted by atomic mass is 32.1. The van der Waals surface area contributed by atoms with Gasteiger partial charge in [0.25, 0.3) is 5.91 Å². The van der Waals surface area contributed by atoms with Gasteiger partial charge in [0.05, 0.1) is 17.7 Å². The first-order valence-electron chi connectivity index (χ1n) is 8.69. The second-order valence-electron chi connectivity index (χ2n) is 6.16. The number of rotatable bonds is 6. The predicted octanol–water partition coefficient (Wildman–Crippen LogP) is 1.49. The molecule has 3 aromatic rings. The fraction of sp³-hybridized carbons (Fsp3) is 0.211. The number of hydrogen-bond acceptors (Lipinski definition) is 7. The minimum Gasteiger partial charge on any atom is -0.452 e. The summed E-state index contributed by atoms with van der Waals surface area (Å²) in [4.78, 5) is 39.8. The average Bonchev–Trinajstić information content (AvgIpc) is 3.32. The van der Waals surface area contributed by atoms with Crippen molar-refractivity contribution in [1.82, 2.24) is 25.6 Å². The van der Waals surface area contributed by atoms with Crippen LogP contribution in [-0.2, 0) is 20.7 Å². The van der Waals surface area contributed by atoms with E-state index >= 15 is 0 Å². The summed E-state index contributed by atoms with van der Waals surface area (Å²) in [6.07, 6.45) is 1.74. The van der Waals surface area contributed by atoms with Gasteiger partial charge in [0.1, 0.15) is 5.01 Å². The van der Waals surface area contributed by atoms with Crippen molar-refractivity contribution in [2.45, 2.75) is 20.3 Å². The number of ether oxygens (including phenoxy) is 1. The molecule has 1 aromatic carbocycles. The van der Waals surface area contributed by atoms with Gasteiger partial charge in [-0.15, -0.1) is 11.3 Å². The van der Waals surface area contributed by atoms with Crippen LogP contribution in [0, 0.1) is 13.8 Å². The Morgan fingerprint density at radius 1 is 1.07 bits per heavy atom. The molecule has 0 aliphatic rings. The molecule has 0 spiro atoms. The van der Waals surface area contributed by atoms with Crippen LogP contribution in [0.3, 0.4) is 0 Å². The summed E-state index contributed by atoms with van der Waals surface area (Å²) in [6, 6.07) is 8.52. The highest BCUT2D eigenvalue weighted by molar-refractivity contribution is 7.09. The van der Waals surface area contributed by atoms with Crippen molar-refractivity contribution < 1.29 is 19.1 Å². The zero-order valence-corrected chi connectivity index (χ0v) is 16.7. The predicted molar refractivity (Wildman–Crippen MR) is 105 cm³/mol. The Hall–Kier alpha value is -3.53. The maximum Gasteiger partial charge on any atom is 0.338 e. The van der Waals surface area contributed by atoms with E-state index in [0.717, 1.165) is 17.1 Å². The maximum absolute atomic E-state index is 12.1. The number of amides is 2. The third kappa shape index (κ3) is 5.48. The number of nitrogens with one attached hydrogen (secondary N) is 2. The molecule has 0 saturated carbocycles. The Bertz CT molecular complexity index is 1030. The number of aromatic nitrogens is 3. The largest absolute Gasteiger partial charge is 0.452 e. The molecule has 2 heterocycles. The maximum atomic E-state index is 12.1. The summed E-state index contributed by atoms with van der Waals surface area (Å²) in [5, 5.41) is 6.68. The van der Waals surface area contributed by atoms with Gasteiger partial charge in [0.2, 0.25) is 5.91 Å². The first kappa shape index (κ1) is 20.2. The van der Waals surface area contributed by atoms with Crippen LogP contribution in [-0.4, -0.2) is 39.2 Å². The molecule has 9 nitrogen and oxygen atoms in total. The van der Waals surface area contributed by atoms with E-state index in [0.29, 0.717) is 10.6 Å². The van der Waals surface area contributed by atoms with Gasteiger partial charge in [0.15, 0.2) is 6.61 Å². The fourth-order valence-electron chi connectivity index (χ4n) is 2.43. The van der Waals surface area contributed by atoms with Gasteiger partial charge in [-0.3, -0.25) is 20.4 Å². The van der Waals surface area contributed by atoms with E-state index in [1.807, 2.05) is 25.3 Å². The quantitative estimate of drug-likeness (QED) is 0.467. The second-order valence-corrected chi connectivity index (χ2v) is 7.11. The summed E-state index contributed by atoms with van der Waals surface area (Å²) in [5.74, 6) is -1.71. The fourth-order valence-corrected chi connectivity index (χ4v) is 3.20. The molecule has 150 valence electrons. The Balaban J connectivity index is 1.43. The number of carbonyl (C=O) groups is 3. The molecule has 2 amide bonds. The molecule has 2 N–H and O–H groups in total. The molecule has 3 rings (SSSR count). The lowest BCUT2D eigenvalue weighted by atomic mass is 10.2. The molecule has 0 atom stereocenters. The van der Waals surface area contributed by atoms with Crippen LogP contribution in [0.5, 0.6) is 0 Å². The van der Waals surface area contributed by atoms with Gasteiger partial charge in [-0.2, -0.15) is 5.10 Å². The topological polar surface area (TPSA) is 115 Å². The number of hydrazine groups is 1. The monoisotopic (exact) mass is 413 g/mol. The summed E-state index contributed by atoms with van der Waals surface area (Å²) >= 11 is 1.37. The van der Waals surface area contributed by atoms with Crippen molar-refractivity contribution in [3.05, 3.63) is 63.9 Å². The van der Waals surface area contributed by atoms with Gasteiger partial charge >= 0.3 is 5.97 Å². The van der Waals surface area contributed by atoms with Crippen LogP contribution in [0.4, 0.5) is 0 Å². The highest BCUT2D eigenvalue weighted by Gasteiger charge is 2.12. The number of aryl methyl sites for hydroxylation is 2. The number of esters is 1. The van der Waals surface area contributed by atoms with Gasteiger partial charge in [-0.25, -0.2) is 14.5 Å². The van der Waals surface area contributed by atoms with E-state index in [4.69, 9.17) is 4.74 Å². The van der Waals surface area contributed by atoms with Gasteiger partial charge in [0, 0.05) is 23.0 Å². The minimum absolute atomic E-state index is 0.0562. The number of benzene rings is 1. The van der Waals surface area contributed by atoms with Crippen molar-refractivity contribution in [2.75, 3.05) is 6.61 Å². The number of thiazole rings is 1. The zero-order chi connectivity index (χ0) is 20.8. The molecule has 29 heavy (non-hydrogen) atoms. The van der Waals surface area contributed by atoms with Crippen molar-refractivity contribution in [3.8, 4) is 5.69 Å². The van der Waals surface area contributed by atoms with Gasteiger partial charge in [-0.05, 0) is 44.2 Å². The van der Waals surface area contributed by atoms with Gasteiger partial charge in [-0.1, -0.05) is 0 Å². The molecule has 2 aromatic heterocycles. The summed E-state index contributed by atoms with van der Waals surface area (Å²) in [7, 11) is 0. The Morgan fingerprint density at radius 2 is 1.79 bits per heavy atom. The lowest BCUT2D eigenvalue weighted by Crippen LogP contribution is -2.44. The Kier molecular flexibility index (Phi) is 6.35. The normalized spacial score (nSPS) is 10.4. The van der Waals surface area contributed by atoms with Crippen molar-refractivity contribution in [3.63, 3.8) is 0 Å². The molecule has 0 radical (unpaired) electrons. The van der Waals surface area contributed by atoms with E-state index in [2.05, 4.69) is 20.9 Å². The molecule has 0 bridgehead atoms. The molecule has 0 unspecified atom stereocenters. The third-order valence-corrected chi connectivity index (χ3v) is 4.80. The van der Waals surface area contributed by atoms with Crippen LogP contribution < -0.4 is 10.9 Å². The van der Waals surface area contributed by atoms with E-state index < -0.39 is 24.4 Å². The average molecular weight is 413 g/mol. The minimum atomic E-state index is -0.647. The number of carbonyl (C=O) groups excluding carboxylic acids is 3. The molecule has 0 fully saturated rings. The van der Waals surface area contributed by atoms with Crippen LogP contribution in [0.25, 0.3) is 5.69 Å². The SMILES string of the molecule is Cc1csc(CC(=O)NNC(=O)COC(=O)c2ccc(-n3nccc3C)cc2)n1. The summed E-state index contributed by atoms with van der Waals surface area (Å²) in [6.45, 7) is 3.24. The van der Waals surface area contributed by atoms with Crippen LogP contribution in [0.15, 0.2) is 41.9 Å². The first-order valence-corrected chi connectivity index (χ1v) is 9.57. The third-order valence-electron chi connectivity index (χ3n) is 3.83. The zero-order valence-electron chi connectivity index (χ0n) is 15.8. The van der Waals surface area contributed by atoms with Crippen LogP contribution >= 0.6 is 11.3 Å². The van der Waals surface area contributed by atoms with Crippen LogP contribution in [0.2, 0.25) is 0 Å². The van der Waals surface area contributed by atoms with E-state index in [1.165, 1.54) is 11.3 Å². The first-order chi connectivity index (χ1) is 13.9. The smallest absolute Gasteiger partial charge is 0.338 e. The van der Waals surface area contributed by atoms with Crippen molar-refractivity contribution >= 4 is 29.1 Å². The lowest BCUT2D eigenvalue weighted by molar-refractivity contribution is -0.130. The molecule has 0 aliphatic carbocycles. The second kappa shape index (κ2) is 9.11. The summed E-state index contributed by atoms with van der Waals surface area (Å²) in [5.41, 5.74) is 7.36. The Morgan fingerprint density at radius 3 is 2.41 bits per heavy atom. The number of nitrogens with zero attached hydrogens (tertiary/aromatic N) is 3. The molecular weight excluding hydrogens is 394 g/mol. The molecular formula is C19H19N5O4S. The van der Waals surface area contributed by atoms with Crippen molar-refractivity contribution in [2.24, 2.45) is 0 Å². The van der Waals surface area contributed by atoms with Gasteiger partial charge < -0.3 is 4.74 Å². The lowest BCUT2D eigenvalue weighted by Gasteiger charge is -2.08. The van der Waals surface area contributed by atoms with E-state index in [9.17, 15) is 14.4 Å². The van der Waals surface area contributed by atoms with Crippen LogP contribution in [0.1, 0.15) is 26.8 Å². The molecule has 10 heteroatoms. The highest BCUT2D eigenvalue weighted by Crippen LogP contribution is 2.12. The molecule has 0 aliphatic heterocycles. The van der Waals surface area contributed by atoms with Crippen molar-refractivity contribution in [1.29, 1.82) is 0 Å². The summed E-state index contributed by atoms with van der Waals surface area (Å²) < 4.78 is 6.70. The van der Waals surface area contributed by atoms with E-state index in [-0.39, 0.29) is 6.42 Å². The standard InChI is InChI=1S/C19H19N5O4S/c1-12-11-29-18(21-12)9-16(25)22-23-17(26)10-28-19(27)14-3-5-15(6-4-14)24-13(2)7-8-20-24/h3-8,11H,9-10H2,1-2H3,(H,22,25)(H,23,26).